The molecule has 3 aliphatic rings. The Morgan fingerprint density at radius 2 is 1.32 bits per heavy atom. The molecule has 2 aromatic rings. The summed E-state index contributed by atoms with van der Waals surface area (Å²) in [5.41, 5.74) is 2.75. The smallest absolute Gasteiger partial charge is 0.241 e. The van der Waals surface area contributed by atoms with Gasteiger partial charge in [0.25, 0.3) is 0 Å². The molecule has 0 bridgehead atoms. The second-order valence-electron chi connectivity index (χ2n) is 8.34. The van der Waals surface area contributed by atoms with Crippen molar-refractivity contribution in [1.82, 2.24) is 0 Å². The molecule has 1 aliphatic carbocycles. The monoisotopic (exact) mass is 414 g/mol. The molecule has 5 rings (SSSR count). The quantitative estimate of drug-likeness (QED) is 0.569. The summed E-state index contributed by atoms with van der Waals surface area (Å²) in [5.74, 6) is -2.45. The second-order valence-corrected chi connectivity index (χ2v) is 8.34. The number of benzene rings is 2. The van der Waals surface area contributed by atoms with E-state index in [1.807, 2.05) is 19.1 Å². The minimum Gasteiger partial charge on any atom is -0.274 e. The first-order valence-electron chi connectivity index (χ1n) is 10.5. The van der Waals surface area contributed by atoms with Crippen molar-refractivity contribution < 1.29 is 19.2 Å². The fourth-order valence-electron chi connectivity index (χ4n) is 5.25. The fraction of sp³-hybridized carbons (Fsp3) is 0.280. The van der Waals surface area contributed by atoms with E-state index in [9.17, 15) is 19.2 Å². The van der Waals surface area contributed by atoms with Gasteiger partial charge in [0, 0.05) is 6.42 Å². The number of imide groups is 2. The number of carbonyl (C=O) groups is 4. The Kier molecular flexibility index (Phi) is 4.58. The molecular formula is C25H22N2O4. The summed E-state index contributed by atoms with van der Waals surface area (Å²) in [6.45, 7) is 1.84. The van der Waals surface area contributed by atoms with E-state index >= 15 is 0 Å². The minimum atomic E-state index is -0.567. The summed E-state index contributed by atoms with van der Waals surface area (Å²) < 4.78 is 0. The standard InChI is InChI=1S/C25H22N2O4/c1-15-18(20-14-21(28)26(24(20)30)16-8-4-2-5-9-16)12-13-19-22(15)25(31)27(23(19)29)17-10-6-3-7-11-17/h2-11,19-20,22H,12-14H2,1H3/t19-,20+,22-/m1/s1. The van der Waals surface area contributed by atoms with Crippen LogP contribution in [0.3, 0.4) is 0 Å². The number of hydrogen-bond donors (Lipinski definition) is 0. The third kappa shape index (κ3) is 2.93. The number of carbonyl (C=O) groups excluding carboxylic acids is 4. The molecule has 2 aromatic carbocycles. The molecule has 2 aliphatic heterocycles. The SMILES string of the molecule is CC1=C([C@@H]2CC(=O)N(c3ccccc3)C2=O)CC[C@H]2C(=O)N(c3ccccc3)C(=O)[C@H]12. The number of fused-ring (bicyclic) bond motifs is 1. The topological polar surface area (TPSA) is 74.8 Å². The highest BCUT2D eigenvalue weighted by Crippen LogP contribution is 2.46. The molecule has 156 valence electrons. The largest absolute Gasteiger partial charge is 0.274 e. The van der Waals surface area contributed by atoms with Crippen LogP contribution in [0.1, 0.15) is 26.2 Å². The summed E-state index contributed by atoms with van der Waals surface area (Å²) in [7, 11) is 0. The van der Waals surface area contributed by atoms with E-state index in [0.29, 0.717) is 24.2 Å². The van der Waals surface area contributed by atoms with Gasteiger partial charge in [0.05, 0.1) is 29.1 Å². The molecule has 2 fully saturated rings. The van der Waals surface area contributed by atoms with E-state index in [-0.39, 0.29) is 30.0 Å². The van der Waals surface area contributed by atoms with Gasteiger partial charge < -0.3 is 0 Å². The third-order valence-corrected chi connectivity index (χ3v) is 6.72. The van der Waals surface area contributed by atoms with Gasteiger partial charge in [-0.05, 0) is 44.0 Å². The lowest BCUT2D eigenvalue weighted by Gasteiger charge is -2.28. The Morgan fingerprint density at radius 1 is 0.742 bits per heavy atom. The molecule has 0 spiro atoms. The molecule has 2 heterocycles. The molecule has 0 unspecified atom stereocenters. The van der Waals surface area contributed by atoms with Crippen LogP contribution >= 0.6 is 0 Å². The Hall–Kier alpha value is -3.54. The average molecular weight is 414 g/mol. The van der Waals surface area contributed by atoms with Crippen LogP contribution in [0.2, 0.25) is 0 Å². The van der Waals surface area contributed by atoms with Crippen molar-refractivity contribution in [3.8, 4) is 0 Å². The number of amides is 4. The van der Waals surface area contributed by atoms with E-state index in [2.05, 4.69) is 0 Å². The Labute approximate surface area is 180 Å². The molecule has 6 nitrogen and oxygen atoms in total. The van der Waals surface area contributed by atoms with Crippen LogP contribution in [0, 0.1) is 17.8 Å². The van der Waals surface area contributed by atoms with Gasteiger partial charge in [0.15, 0.2) is 0 Å². The van der Waals surface area contributed by atoms with Gasteiger partial charge in [0.1, 0.15) is 0 Å². The number of anilines is 2. The van der Waals surface area contributed by atoms with Crippen LogP contribution in [-0.2, 0) is 19.2 Å². The number of para-hydroxylation sites is 2. The highest BCUT2D eigenvalue weighted by atomic mass is 16.2. The van der Waals surface area contributed by atoms with Crippen molar-refractivity contribution in [2.24, 2.45) is 17.8 Å². The second kappa shape index (κ2) is 7.30. The van der Waals surface area contributed by atoms with Gasteiger partial charge in [-0.25, -0.2) is 4.90 Å². The summed E-state index contributed by atoms with van der Waals surface area (Å²) in [6, 6.07) is 17.8. The highest BCUT2D eigenvalue weighted by molar-refractivity contribution is 6.24. The molecule has 2 saturated heterocycles. The third-order valence-electron chi connectivity index (χ3n) is 6.72. The molecule has 0 N–H and O–H groups in total. The maximum Gasteiger partial charge on any atom is 0.241 e. The molecule has 4 amide bonds. The van der Waals surface area contributed by atoms with Crippen LogP contribution in [-0.4, -0.2) is 23.6 Å². The predicted octanol–water partition coefficient (Wildman–Crippen LogP) is 3.48. The molecule has 0 saturated carbocycles. The molecule has 0 aromatic heterocycles. The zero-order valence-electron chi connectivity index (χ0n) is 17.2. The number of rotatable bonds is 3. The minimum absolute atomic E-state index is 0.0995. The van der Waals surface area contributed by atoms with E-state index in [4.69, 9.17) is 0 Å². The summed E-state index contributed by atoms with van der Waals surface area (Å²) in [4.78, 5) is 54.7. The fourth-order valence-corrected chi connectivity index (χ4v) is 5.25. The van der Waals surface area contributed by atoms with E-state index in [0.717, 1.165) is 11.1 Å². The first-order chi connectivity index (χ1) is 15.0. The first-order valence-corrected chi connectivity index (χ1v) is 10.5. The predicted molar refractivity (Wildman–Crippen MR) is 115 cm³/mol. The van der Waals surface area contributed by atoms with Crippen LogP contribution in [0.4, 0.5) is 11.4 Å². The molecule has 3 atom stereocenters. The molecule has 6 heteroatoms. The van der Waals surface area contributed by atoms with Crippen LogP contribution < -0.4 is 9.80 Å². The van der Waals surface area contributed by atoms with Gasteiger partial charge in [0.2, 0.25) is 23.6 Å². The van der Waals surface area contributed by atoms with Crippen LogP contribution in [0.25, 0.3) is 0 Å². The lowest BCUT2D eigenvalue weighted by Crippen LogP contribution is -2.32. The summed E-state index contributed by atoms with van der Waals surface area (Å²) in [6.07, 6.45) is 1.15. The number of hydrogen-bond acceptors (Lipinski definition) is 4. The highest BCUT2D eigenvalue weighted by Gasteiger charge is 2.53. The Balaban J connectivity index is 1.48. The maximum atomic E-state index is 13.3. The molecule has 31 heavy (non-hydrogen) atoms. The first kappa shape index (κ1) is 19.4. The van der Waals surface area contributed by atoms with Gasteiger partial charge >= 0.3 is 0 Å². The van der Waals surface area contributed by atoms with Crippen LogP contribution in [0.15, 0.2) is 71.8 Å². The van der Waals surface area contributed by atoms with Crippen molar-refractivity contribution in [3.05, 3.63) is 71.8 Å². The zero-order valence-corrected chi connectivity index (χ0v) is 17.2. The Morgan fingerprint density at radius 3 is 1.94 bits per heavy atom. The average Bonchev–Trinajstić information content (AvgIpc) is 3.22. The zero-order chi connectivity index (χ0) is 21.7. The summed E-state index contributed by atoms with van der Waals surface area (Å²) in [5, 5.41) is 0. The van der Waals surface area contributed by atoms with Crippen molar-refractivity contribution in [1.29, 1.82) is 0 Å². The van der Waals surface area contributed by atoms with Crippen LogP contribution in [0.5, 0.6) is 0 Å². The van der Waals surface area contributed by atoms with E-state index in [1.165, 1.54) is 9.80 Å². The maximum absolute atomic E-state index is 13.3. The van der Waals surface area contributed by atoms with Crippen molar-refractivity contribution in [2.45, 2.75) is 26.2 Å². The Bertz CT molecular complexity index is 1120. The summed E-state index contributed by atoms with van der Waals surface area (Å²) >= 11 is 0. The lowest BCUT2D eigenvalue weighted by atomic mass is 9.73. The van der Waals surface area contributed by atoms with Gasteiger partial charge in [-0.1, -0.05) is 47.5 Å². The van der Waals surface area contributed by atoms with Gasteiger partial charge in [-0.15, -0.1) is 0 Å². The molecule has 0 radical (unpaired) electrons. The van der Waals surface area contributed by atoms with Crippen molar-refractivity contribution >= 4 is 35.0 Å². The van der Waals surface area contributed by atoms with Crippen molar-refractivity contribution in [3.63, 3.8) is 0 Å². The van der Waals surface area contributed by atoms with Gasteiger partial charge in [-0.2, -0.15) is 0 Å². The van der Waals surface area contributed by atoms with Crippen molar-refractivity contribution in [2.75, 3.05) is 9.80 Å². The van der Waals surface area contributed by atoms with E-state index < -0.39 is 17.8 Å². The van der Waals surface area contributed by atoms with E-state index in [1.54, 1.807) is 48.5 Å². The van der Waals surface area contributed by atoms with Gasteiger partial charge in [-0.3, -0.25) is 24.1 Å². The normalized spacial score (nSPS) is 26.2. The molecular weight excluding hydrogens is 392 g/mol. The lowest BCUT2D eigenvalue weighted by molar-refractivity contribution is -0.123. The number of nitrogens with zero attached hydrogens (tertiary/aromatic N) is 2.